The number of nitrogens with one attached hydrogen (secondary N) is 1. The van der Waals surface area contributed by atoms with E-state index in [1.54, 1.807) is 7.11 Å². The SMILES string of the molecule is COc1nscc1C(C)Nc1ccc(CS(C)(=O)=O)cc1. The van der Waals surface area contributed by atoms with Crippen LogP contribution in [0.3, 0.4) is 0 Å². The molecule has 2 rings (SSSR count). The summed E-state index contributed by atoms with van der Waals surface area (Å²) in [5, 5.41) is 5.30. The highest BCUT2D eigenvalue weighted by molar-refractivity contribution is 7.89. The Hall–Kier alpha value is -1.60. The number of hydrogen-bond acceptors (Lipinski definition) is 6. The molecule has 1 unspecified atom stereocenters. The van der Waals surface area contributed by atoms with E-state index >= 15 is 0 Å². The molecule has 0 saturated heterocycles. The molecule has 0 radical (unpaired) electrons. The Labute approximate surface area is 129 Å². The van der Waals surface area contributed by atoms with Gasteiger partial charge in [0.05, 0.1) is 18.9 Å². The van der Waals surface area contributed by atoms with Gasteiger partial charge in [-0.05, 0) is 36.2 Å². The Balaban J connectivity index is 2.06. The fraction of sp³-hybridized carbons (Fsp3) is 0.357. The Morgan fingerprint density at radius 1 is 1.33 bits per heavy atom. The van der Waals surface area contributed by atoms with Gasteiger partial charge in [-0.2, -0.15) is 4.37 Å². The first kappa shape index (κ1) is 15.8. The van der Waals surface area contributed by atoms with Crippen LogP contribution in [0.15, 0.2) is 29.6 Å². The summed E-state index contributed by atoms with van der Waals surface area (Å²) < 4.78 is 31.9. The summed E-state index contributed by atoms with van der Waals surface area (Å²) in [6.45, 7) is 2.02. The number of hydrogen-bond donors (Lipinski definition) is 1. The highest BCUT2D eigenvalue weighted by atomic mass is 32.2. The third kappa shape index (κ3) is 4.44. The van der Waals surface area contributed by atoms with Crippen molar-refractivity contribution in [3.8, 4) is 5.88 Å². The average molecular weight is 326 g/mol. The molecule has 1 atom stereocenters. The maximum Gasteiger partial charge on any atom is 0.230 e. The van der Waals surface area contributed by atoms with Crippen molar-refractivity contribution in [2.75, 3.05) is 18.7 Å². The normalized spacial score (nSPS) is 12.9. The molecule has 0 saturated carbocycles. The average Bonchev–Trinajstić information content (AvgIpc) is 2.87. The van der Waals surface area contributed by atoms with Gasteiger partial charge in [-0.15, -0.1) is 0 Å². The smallest absolute Gasteiger partial charge is 0.230 e. The summed E-state index contributed by atoms with van der Waals surface area (Å²) in [6, 6.07) is 7.45. The maximum atomic E-state index is 11.3. The van der Waals surface area contributed by atoms with E-state index in [0.717, 1.165) is 16.8 Å². The van der Waals surface area contributed by atoms with Crippen LogP contribution in [-0.4, -0.2) is 26.2 Å². The lowest BCUT2D eigenvalue weighted by molar-refractivity contribution is 0.396. The second-order valence-corrected chi connectivity index (χ2v) is 7.68. The topological polar surface area (TPSA) is 68.3 Å². The van der Waals surface area contributed by atoms with Crippen LogP contribution in [0, 0.1) is 0 Å². The van der Waals surface area contributed by atoms with Crippen LogP contribution >= 0.6 is 11.5 Å². The number of nitrogens with zero attached hydrogens (tertiary/aromatic N) is 1. The Bertz CT molecular complexity index is 693. The largest absolute Gasteiger partial charge is 0.480 e. The van der Waals surface area contributed by atoms with Gasteiger partial charge in [0, 0.05) is 22.9 Å². The number of anilines is 1. The van der Waals surface area contributed by atoms with Crippen LogP contribution in [0.2, 0.25) is 0 Å². The highest BCUT2D eigenvalue weighted by Gasteiger charge is 2.14. The molecule has 114 valence electrons. The first-order valence-corrected chi connectivity index (χ1v) is 9.30. The van der Waals surface area contributed by atoms with Crippen molar-refractivity contribution in [2.45, 2.75) is 18.7 Å². The van der Waals surface area contributed by atoms with E-state index in [1.165, 1.54) is 17.8 Å². The van der Waals surface area contributed by atoms with Crippen molar-refractivity contribution in [1.29, 1.82) is 0 Å². The molecule has 0 bridgehead atoms. The van der Waals surface area contributed by atoms with Gasteiger partial charge in [-0.25, -0.2) is 8.42 Å². The van der Waals surface area contributed by atoms with Gasteiger partial charge < -0.3 is 10.1 Å². The monoisotopic (exact) mass is 326 g/mol. The fourth-order valence-corrected chi connectivity index (χ4v) is 3.55. The third-order valence-electron chi connectivity index (χ3n) is 2.99. The van der Waals surface area contributed by atoms with E-state index in [-0.39, 0.29) is 11.8 Å². The molecular formula is C14H18N2O3S2. The number of sulfone groups is 1. The second-order valence-electron chi connectivity index (χ2n) is 4.91. The zero-order valence-electron chi connectivity index (χ0n) is 12.2. The molecule has 7 heteroatoms. The minimum atomic E-state index is -3.00. The van der Waals surface area contributed by atoms with E-state index in [4.69, 9.17) is 4.74 Å². The van der Waals surface area contributed by atoms with Gasteiger partial charge in [0.1, 0.15) is 0 Å². The van der Waals surface area contributed by atoms with Crippen molar-refractivity contribution in [3.05, 3.63) is 40.8 Å². The van der Waals surface area contributed by atoms with Crippen molar-refractivity contribution < 1.29 is 13.2 Å². The van der Waals surface area contributed by atoms with Crippen molar-refractivity contribution >= 4 is 27.1 Å². The molecule has 0 amide bonds. The van der Waals surface area contributed by atoms with Crippen LogP contribution in [0.25, 0.3) is 0 Å². The van der Waals surface area contributed by atoms with Gasteiger partial charge >= 0.3 is 0 Å². The molecule has 21 heavy (non-hydrogen) atoms. The summed E-state index contributed by atoms with van der Waals surface area (Å²) in [6.07, 6.45) is 1.23. The number of aromatic nitrogens is 1. The molecule has 1 aromatic heterocycles. The summed E-state index contributed by atoms with van der Waals surface area (Å²) in [4.78, 5) is 0. The molecule has 1 aromatic carbocycles. The van der Waals surface area contributed by atoms with Gasteiger partial charge in [-0.3, -0.25) is 0 Å². The predicted octanol–water partition coefficient (Wildman–Crippen LogP) is 2.87. The molecule has 0 fully saturated rings. The number of methoxy groups -OCH3 is 1. The predicted molar refractivity (Wildman–Crippen MR) is 85.7 cm³/mol. The first-order valence-electron chi connectivity index (χ1n) is 6.40. The fourth-order valence-electron chi connectivity index (χ4n) is 2.00. The Morgan fingerprint density at radius 2 is 2.00 bits per heavy atom. The van der Waals surface area contributed by atoms with Crippen molar-refractivity contribution in [3.63, 3.8) is 0 Å². The molecule has 0 aliphatic carbocycles. The highest BCUT2D eigenvalue weighted by Crippen LogP contribution is 2.28. The molecule has 0 spiro atoms. The molecule has 1 N–H and O–H groups in total. The summed E-state index contributed by atoms with van der Waals surface area (Å²) in [7, 11) is -1.40. The second kappa shape index (κ2) is 6.44. The van der Waals surface area contributed by atoms with Gasteiger partial charge in [0.25, 0.3) is 0 Å². The summed E-state index contributed by atoms with van der Waals surface area (Å²) >= 11 is 1.36. The number of benzene rings is 1. The Kier molecular flexibility index (Phi) is 4.84. The van der Waals surface area contributed by atoms with E-state index in [1.807, 2.05) is 36.6 Å². The van der Waals surface area contributed by atoms with Gasteiger partial charge in [0.15, 0.2) is 9.84 Å². The van der Waals surface area contributed by atoms with E-state index in [2.05, 4.69) is 9.69 Å². The molecule has 0 aliphatic rings. The first-order chi connectivity index (χ1) is 9.89. The summed E-state index contributed by atoms with van der Waals surface area (Å²) in [5.74, 6) is 0.694. The van der Waals surface area contributed by atoms with E-state index in [0.29, 0.717) is 5.88 Å². The van der Waals surface area contributed by atoms with Crippen molar-refractivity contribution in [1.82, 2.24) is 4.37 Å². The lowest BCUT2D eigenvalue weighted by Crippen LogP contribution is -2.07. The van der Waals surface area contributed by atoms with E-state index < -0.39 is 9.84 Å². The zero-order valence-corrected chi connectivity index (χ0v) is 13.8. The third-order valence-corrected chi connectivity index (χ3v) is 4.48. The molecule has 5 nitrogen and oxygen atoms in total. The molecule has 0 aliphatic heterocycles. The van der Waals surface area contributed by atoms with Crippen LogP contribution in [0.4, 0.5) is 5.69 Å². The lowest BCUT2D eigenvalue weighted by atomic mass is 10.1. The van der Waals surface area contributed by atoms with Crippen LogP contribution in [-0.2, 0) is 15.6 Å². The maximum absolute atomic E-state index is 11.3. The summed E-state index contributed by atoms with van der Waals surface area (Å²) in [5.41, 5.74) is 2.71. The van der Waals surface area contributed by atoms with Crippen LogP contribution in [0.5, 0.6) is 5.88 Å². The number of rotatable bonds is 6. The van der Waals surface area contributed by atoms with Gasteiger partial charge in [0.2, 0.25) is 5.88 Å². The van der Waals surface area contributed by atoms with Crippen LogP contribution < -0.4 is 10.1 Å². The zero-order chi connectivity index (χ0) is 15.5. The van der Waals surface area contributed by atoms with Crippen LogP contribution in [0.1, 0.15) is 24.1 Å². The lowest BCUT2D eigenvalue weighted by Gasteiger charge is -2.15. The molecule has 2 aromatic rings. The van der Waals surface area contributed by atoms with Gasteiger partial charge in [-0.1, -0.05) is 12.1 Å². The molecular weight excluding hydrogens is 308 g/mol. The minimum Gasteiger partial charge on any atom is -0.480 e. The Morgan fingerprint density at radius 3 is 2.57 bits per heavy atom. The number of ether oxygens (including phenoxy) is 1. The minimum absolute atomic E-state index is 0.0551. The standard InChI is InChI=1S/C14H18N2O3S2/c1-10(13-8-20-16-14(13)19-2)15-12-6-4-11(5-7-12)9-21(3,17)18/h4-8,10,15H,9H2,1-3H3. The van der Waals surface area contributed by atoms with E-state index in [9.17, 15) is 8.42 Å². The quantitative estimate of drug-likeness (QED) is 0.884. The van der Waals surface area contributed by atoms with Crippen molar-refractivity contribution in [2.24, 2.45) is 0 Å². The molecule has 1 heterocycles.